The highest BCUT2D eigenvalue weighted by atomic mass is 19.1. The number of nitrogens with zero attached hydrogens (tertiary/aromatic N) is 2. The molecule has 5 heteroatoms. The normalized spacial score (nSPS) is 10.9. The highest BCUT2D eigenvalue weighted by molar-refractivity contribution is 5.94. The van der Waals surface area contributed by atoms with Crippen molar-refractivity contribution in [2.75, 3.05) is 13.6 Å². The summed E-state index contributed by atoms with van der Waals surface area (Å²) < 4.78 is 13.8. The molecule has 104 valence electrons. The van der Waals surface area contributed by atoms with Gasteiger partial charge in [-0.25, -0.2) is 4.39 Å². The topological polar surface area (TPSA) is 70.1 Å². The van der Waals surface area contributed by atoms with E-state index in [0.29, 0.717) is 0 Å². The number of halogens is 1. The number of hydrogen-bond donors (Lipinski definition) is 1. The Labute approximate surface area is 118 Å². The molecule has 1 atom stereocenters. The average Bonchev–Trinajstić information content (AvgIpc) is 2.44. The smallest absolute Gasteiger partial charge is 0.253 e. The van der Waals surface area contributed by atoms with E-state index in [0.717, 1.165) is 6.07 Å². The Kier molecular flexibility index (Phi) is 5.71. The molecule has 0 spiro atoms. The van der Waals surface area contributed by atoms with Crippen LogP contribution in [0.15, 0.2) is 18.2 Å². The fourth-order valence-electron chi connectivity index (χ4n) is 1.57. The molecule has 1 aromatic carbocycles. The maximum Gasteiger partial charge on any atom is 0.253 e. The predicted molar refractivity (Wildman–Crippen MR) is 74.1 cm³/mol. The molecule has 1 rings (SSSR count). The second kappa shape index (κ2) is 7.28. The molecule has 0 heterocycles. The highest BCUT2D eigenvalue weighted by Gasteiger charge is 2.18. The Balaban J connectivity index is 2.96. The molecule has 1 aromatic rings. The third-order valence-corrected chi connectivity index (χ3v) is 2.91. The zero-order valence-electron chi connectivity index (χ0n) is 11.5. The summed E-state index contributed by atoms with van der Waals surface area (Å²) in [5.41, 5.74) is 5.66. The number of amides is 1. The molecule has 0 aliphatic carbocycles. The summed E-state index contributed by atoms with van der Waals surface area (Å²) in [5, 5.41) is 8.63. The molecule has 20 heavy (non-hydrogen) atoms. The molecule has 0 aliphatic heterocycles. The van der Waals surface area contributed by atoms with Gasteiger partial charge in [-0.1, -0.05) is 11.8 Å². The standard InChI is InChI=1S/C15H16FN3O/c1-11(7-9-18)19(2)15(20)13-6-5-12(4-3-8-17)14(16)10-13/h5-6,10-11H,7-8,17H2,1-2H3. The van der Waals surface area contributed by atoms with Crippen molar-refractivity contribution in [1.29, 1.82) is 5.26 Å². The van der Waals surface area contributed by atoms with Gasteiger partial charge in [0.15, 0.2) is 0 Å². The SMILES string of the molecule is CC(CC#N)N(C)C(=O)c1ccc(C#CCN)c(F)c1. The quantitative estimate of drug-likeness (QED) is 0.849. The van der Waals surface area contributed by atoms with E-state index in [1.54, 1.807) is 14.0 Å². The van der Waals surface area contributed by atoms with Crippen LogP contribution in [-0.2, 0) is 0 Å². The van der Waals surface area contributed by atoms with Gasteiger partial charge in [0.1, 0.15) is 5.82 Å². The van der Waals surface area contributed by atoms with E-state index in [9.17, 15) is 9.18 Å². The van der Waals surface area contributed by atoms with Gasteiger partial charge in [0, 0.05) is 18.7 Å². The minimum absolute atomic E-state index is 0.147. The fraction of sp³-hybridized carbons (Fsp3) is 0.333. The van der Waals surface area contributed by atoms with Gasteiger partial charge in [0.25, 0.3) is 5.91 Å². The van der Waals surface area contributed by atoms with Crippen LogP contribution in [0.3, 0.4) is 0 Å². The van der Waals surface area contributed by atoms with Gasteiger partial charge in [-0.15, -0.1) is 0 Å². The van der Waals surface area contributed by atoms with Crippen molar-refractivity contribution in [2.24, 2.45) is 5.73 Å². The Morgan fingerprint density at radius 1 is 1.55 bits per heavy atom. The van der Waals surface area contributed by atoms with Crippen LogP contribution in [0.1, 0.15) is 29.3 Å². The van der Waals surface area contributed by atoms with Gasteiger partial charge in [-0.2, -0.15) is 5.26 Å². The molecule has 4 nitrogen and oxygen atoms in total. The molecule has 0 saturated heterocycles. The van der Waals surface area contributed by atoms with Crippen molar-refractivity contribution in [3.05, 3.63) is 35.1 Å². The lowest BCUT2D eigenvalue weighted by Crippen LogP contribution is -2.34. The monoisotopic (exact) mass is 273 g/mol. The molecule has 0 bridgehead atoms. The third-order valence-electron chi connectivity index (χ3n) is 2.91. The van der Waals surface area contributed by atoms with Crippen molar-refractivity contribution in [2.45, 2.75) is 19.4 Å². The molecule has 0 radical (unpaired) electrons. The predicted octanol–water partition coefficient (Wildman–Crippen LogP) is 1.51. The average molecular weight is 273 g/mol. The molecule has 1 unspecified atom stereocenters. The third kappa shape index (κ3) is 3.81. The first-order valence-electron chi connectivity index (χ1n) is 6.13. The van der Waals surface area contributed by atoms with Crippen LogP contribution in [0, 0.1) is 29.0 Å². The lowest BCUT2D eigenvalue weighted by Gasteiger charge is -2.23. The van der Waals surface area contributed by atoms with Crippen LogP contribution in [-0.4, -0.2) is 30.4 Å². The van der Waals surface area contributed by atoms with Crippen molar-refractivity contribution >= 4 is 5.91 Å². The zero-order chi connectivity index (χ0) is 15.1. The van der Waals surface area contributed by atoms with Crippen molar-refractivity contribution < 1.29 is 9.18 Å². The highest BCUT2D eigenvalue weighted by Crippen LogP contribution is 2.13. The maximum atomic E-state index is 13.8. The Bertz CT molecular complexity index is 595. The van der Waals surface area contributed by atoms with E-state index in [1.807, 2.05) is 6.07 Å². The van der Waals surface area contributed by atoms with E-state index in [4.69, 9.17) is 11.0 Å². The summed E-state index contributed by atoms with van der Waals surface area (Å²) in [7, 11) is 1.59. The van der Waals surface area contributed by atoms with Crippen LogP contribution < -0.4 is 5.73 Å². The first kappa shape index (κ1) is 15.7. The van der Waals surface area contributed by atoms with Crippen LogP contribution in [0.2, 0.25) is 0 Å². The summed E-state index contributed by atoms with van der Waals surface area (Å²) in [6.07, 6.45) is 0.227. The molecule has 0 aliphatic rings. The Morgan fingerprint density at radius 2 is 2.25 bits per heavy atom. The number of benzene rings is 1. The Hall–Kier alpha value is -2.37. The summed E-state index contributed by atoms with van der Waals surface area (Å²) in [4.78, 5) is 13.6. The number of nitriles is 1. The summed E-state index contributed by atoms with van der Waals surface area (Å²) in [5.74, 6) is 4.27. The number of nitrogens with two attached hydrogens (primary N) is 1. The fourth-order valence-corrected chi connectivity index (χ4v) is 1.57. The molecule has 1 amide bonds. The van der Waals surface area contributed by atoms with E-state index in [-0.39, 0.29) is 36.0 Å². The lowest BCUT2D eigenvalue weighted by atomic mass is 10.1. The van der Waals surface area contributed by atoms with Crippen LogP contribution in [0.4, 0.5) is 4.39 Å². The molecule has 2 N–H and O–H groups in total. The second-order valence-electron chi connectivity index (χ2n) is 4.33. The van der Waals surface area contributed by atoms with Crippen LogP contribution >= 0.6 is 0 Å². The van der Waals surface area contributed by atoms with Gasteiger partial charge < -0.3 is 10.6 Å². The van der Waals surface area contributed by atoms with Crippen LogP contribution in [0.25, 0.3) is 0 Å². The molecule has 0 saturated carbocycles. The van der Waals surface area contributed by atoms with Gasteiger partial charge >= 0.3 is 0 Å². The molecule has 0 aromatic heterocycles. The van der Waals surface area contributed by atoms with Crippen LogP contribution in [0.5, 0.6) is 0 Å². The first-order valence-corrected chi connectivity index (χ1v) is 6.13. The maximum absolute atomic E-state index is 13.8. The zero-order valence-corrected chi connectivity index (χ0v) is 11.5. The van der Waals surface area contributed by atoms with Crippen molar-refractivity contribution in [3.63, 3.8) is 0 Å². The summed E-state index contributed by atoms with van der Waals surface area (Å²) >= 11 is 0. The minimum Gasteiger partial charge on any atom is -0.338 e. The molecule has 0 fully saturated rings. The summed E-state index contributed by atoms with van der Waals surface area (Å²) in [6.45, 7) is 1.91. The largest absolute Gasteiger partial charge is 0.338 e. The van der Waals surface area contributed by atoms with Gasteiger partial charge in [0.05, 0.1) is 24.6 Å². The molecular formula is C15H16FN3O. The number of carbonyl (C=O) groups is 1. The molecular weight excluding hydrogens is 257 g/mol. The Morgan fingerprint density at radius 3 is 2.80 bits per heavy atom. The van der Waals surface area contributed by atoms with Gasteiger partial charge in [0.2, 0.25) is 0 Å². The van der Waals surface area contributed by atoms with E-state index in [1.165, 1.54) is 17.0 Å². The number of hydrogen-bond acceptors (Lipinski definition) is 3. The number of carbonyl (C=O) groups excluding carboxylic acids is 1. The van der Waals surface area contributed by atoms with Gasteiger partial charge in [-0.05, 0) is 25.1 Å². The van der Waals surface area contributed by atoms with Gasteiger partial charge in [-0.3, -0.25) is 4.79 Å². The van der Waals surface area contributed by atoms with E-state index >= 15 is 0 Å². The van der Waals surface area contributed by atoms with E-state index in [2.05, 4.69) is 11.8 Å². The lowest BCUT2D eigenvalue weighted by molar-refractivity contribution is 0.0745. The minimum atomic E-state index is -0.557. The number of rotatable bonds is 3. The second-order valence-corrected chi connectivity index (χ2v) is 4.33. The summed E-state index contributed by atoms with van der Waals surface area (Å²) in [6, 6.07) is 5.89. The van der Waals surface area contributed by atoms with Crippen molar-refractivity contribution in [1.82, 2.24) is 4.90 Å². The first-order chi connectivity index (χ1) is 9.51. The van der Waals surface area contributed by atoms with Crippen molar-refractivity contribution in [3.8, 4) is 17.9 Å². The van der Waals surface area contributed by atoms with E-state index < -0.39 is 5.82 Å².